The summed E-state index contributed by atoms with van der Waals surface area (Å²) in [5.74, 6) is -0.0772. The van der Waals surface area contributed by atoms with Gasteiger partial charge in [0.15, 0.2) is 0 Å². The molecule has 0 saturated carbocycles. The number of hydrogen-bond donors (Lipinski definition) is 0. The maximum atomic E-state index is 11.4. The first-order valence-electron chi connectivity index (χ1n) is 9.55. The molecule has 0 spiro atoms. The summed E-state index contributed by atoms with van der Waals surface area (Å²) in [6.07, 6.45) is 24.2. The standard InChI is InChI=1S/C21H34O3/c1-2-3-4-5-6-7-8-9-10-11-12-13-14-15-16-17-21(22)24-19-20-18-23-20/h3-4,6-7,9-10,20H,2,5,8,11-19H2,1H3/b4-3-,7-6-,10-9-/t20-/m0/s1. The zero-order valence-corrected chi connectivity index (χ0v) is 15.3. The van der Waals surface area contributed by atoms with E-state index in [-0.39, 0.29) is 12.1 Å². The minimum absolute atomic E-state index is 0.0772. The van der Waals surface area contributed by atoms with Crippen LogP contribution < -0.4 is 0 Å². The van der Waals surface area contributed by atoms with E-state index >= 15 is 0 Å². The van der Waals surface area contributed by atoms with Crippen molar-refractivity contribution in [3.63, 3.8) is 0 Å². The zero-order valence-electron chi connectivity index (χ0n) is 15.3. The Hall–Kier alpha value is -1.35. The van der Waals surface area contributed by atoms with E-state index in [2.05, 4.69) is 43.4 Å². The van der Waals surface area contributed by atoms with Crippen molar-refractivity contribution in [1.29, 1.82) is 0 Å². The molecule has 1 rings (SSSR count). The summed E-state index contributed by atoms with van der Waals surface area (Å²) >= 11 is 0. The highest BCUT2D eigenvalue weighted by molar-refractivity contribution is 5.69. The van der Waals surface area contributed by atoms with E-state index in [4.69, 9.17) is 9.47 Å². The third kappa shape index (κ3) is 14.3. The molecule has 3 nitrogen and oxygen atoms in total. The van der Waals surface area contributed by atoms with Crippen molar-refractivity contribution in [3.8, 4) is 0 Å². The van der Waals surface area contributed by atoms with Crippen molar-refractivity contribution in [1.82, 2.24) is 0 Å². The Morgan fingerprint density at radius 2 is 1.58 bits per heavy atom. The van der Waals surface area contributed by atoms with Gasteiger partial charge in [-0.05, 0) is 38.5 Å². The highest BCUT2D eigenvalue weighted by Crippen LogP contribution is 2.11. The van der Waals surface area contributed by atoms with Crippen molar-refractivity contribution < 1.29 is 14.3 Å². The molecule has 3 heteroatoms. The van der Waals surface area contributed by atoms with E-state index in [9.17, 15) is 4.79 Å². The number of allylic oxidation sites excluding steroid dienone is 6. The second kappa shape index (κ2) is 15.2. The van der Waals surface area contributed by atoms with Crippen LogP contribution in [0.2, 0.25) is 0 Å². The van der Waals surface area contributed by atoms with Crippen LogP contribution in [0.4, 0.5) is 0 Å². The minimum atomic E-state index is -0.0772. The smallest absolute Gasteiger partial charge is 0.305 e. The molecule has 0 aromatic carbocycles. The Kier molecular flexibility index (Phi) is 13.1. The fourth-order valence-electron chi connectivity index (χ4n) is 2.31. The van der Waals surface area contributed by atoms with E-state index < -0.39 is 0 Å². The molecule has 0 aromatic rings. The quantitative estimate of drug-likeness (QED) is 0.171. The summed E-state index contributed by atoms with van der Waals surface area (Å²) in [6, 6.07) is 0. The monoisotopic (exact) mass is 334 g/mol. The predicted octanol–water partition coefficient (Wildman–Crippen LogP) is 5.52. The Balaban J connectivity index is 1.78. The van der Waals surface area contributed by atoms with Gasteiger partial charge in [-0.2, -0.15) is 0 Å². The lowest BCUT2D eigenvalue weighted by molar-refractivity contribution is -0.144. The molecule has 1 aliphatic rings. The summed E-state index contributed by atoms with van der Waals surface area (Å²) in [5, 5.41) is 0. The molecule has 0 amide bonds. The molecule has 0 aliphatic carbocycles. The number of esters is 1. The Morgan fingerprint density at radius 1 is 0.958 bits per heavy atom. The molecule has 1 atom stereocenters. The third-order valence-corrected chi connectivity index (χ3v) is 3.86. The van der Waals surface area contributed by atoms with Crippen LogP contribution in [0.25, 0.3) is 0 Å². The van der Waals surface area contributed by atoms with Crippen molar-refractivity contribution in [2.75, 3.05) is 13.2 Å². The molecule has 0 unspecified atom stereocenters. The second-order valence-corrected chi connectivity index (χ2v) is 6.24. The van der Waals surface area contributed by atoms with E-state index in [1.54, 1.807) is 0 Å². The SMILES string of the molecule is CC/C=C\C/C=C\C/C=C\CCCCCCCC(=O)OC[C@@H]1CO1. The second-order valence-electron chi connectivity index (χ2n) is 6.24. The highest BCUT2D eigenvalue weighted by atomic mass is 16.6. The highest BCUT2D eigenvalue weighted by Gasteiger charge is 2.23. The van der Waals surface area contributed by atoms with E-state index in [0.29, 0.717) is 13.0 Å². The van der Waals surface area contributed by atoms with E-state index in [0.717, 1.165) is 45.1 Å². The lowest BCUT2D eigenvalue weighted by Gasteiger charge is -2.02. The third-order valence-electron chi connectivity index (χ3n) is 3.86. The first kappa shape index (κ1) is 20.7. The van der Waals surface area contributed by atoms with Crippen LogP contribution in [-0.2, 0) is 14.3 Å². The average molecular weight is 335 g/mol. The van der Waals surface area contributed by atoms with Gasteiger partial charge in [-0.3, -0.25) is 4.79 Å². The molecule has 1 heterocycles. The predicted molar refractivity (Wildman–Crippen MR) is 100.0 cm³/mol. The van der Waals surface area contributed by atoms with Gasteiger partial charge in [0.25, 0.3) is 0 Å². The van der Waals surface area contributed by atoms with Gasteiger partial charge in [0, 0.05) is 6.42 Å². The molecule has 136 valence electrons. The van der Waals surface area contributed by atoms with E-state index in [1.807, 2.05) is 0 Å². The molecule has 24 heavy (non-hydrogen) atoms. The van der Waals surface area contributed by atoms with Gasteiger partial charge in [0.05, 0.1) is 6.61 Å². The lowest BCUT2D eigenvalue weighted by atomic mass is 10.1. The Bertz CT molecular complexity index is 392. The molecular weight excluding hydrogens is 300 g/mol. The van der Waals surface area contributed by atoms with Crippen LogP contribution in [0, 0.1) is 0 Å². The fraction of sp³-hybridized carbons (Fsp3) is 0.667. The van der Waals surface area contributed by atoms with Crippen LogP contribution in [0.1, 0.15) is 71.1 Å². The van der Waals surface area contributed by atoms with Crippen LogP contribution >= 0.6 is 0 Å². The largest absolute Gasteiger partial charge is 0.463 e. The lowest BCUT2D eigenvalue weighted by Crippen LogP contribution is -2.09. The van der Waals surface area contributed by atoms with Crippen molar-refractivity contribution in [2.45, 2.75) is 77.2 Å². The first-order chi connectivity index (χ1) is 11.8. The van der Waals surface area contributed by atoms with Gasteiger partial charge in [0.2, 0.25) is 0 Å². The molecule has 0 N–H and O–H groups in total. The topological polar surface area (TPSA) is 38.8 Å². The summed E-state index contributed by atoms with van der Waals surface area (Å²) < 4.78 is 10.1. The van der Waals surface area contributed by atoms with Gasteiger partial charge >= 0.3 is 5.97 Å². The molecule has 0 aromatic heterocycles. The van der Waals surface area contributed by atoms with Gasteiger partial charge in [-0.25, -0.2) is 0 Å². The first-order valence-corrected chi connectivity index (χ1v) is 9.55. The van der Waals surface area contributed by atoms with Crippen LogP contribution in [0.15, 0.2) is 36.5 Å². The van der Waals surface area contributed by atoms with Crippen LogP contribution in [0.5, 0.6) is 0 Å². The summed E-state index contributed by atoms with van der Waals surface area (Å²) in [5.41, 5.74) is 0. The Labute approximate surface area is 147 Å². The maximum Gasteiger partial charge on any atom is 0.305 e. The van der Waals surface area contributed by atoms with Gasteiger partial charge in [-0.15, -0.1) is 0 Å². The van der Waals surface area contributed by atoms with Crippen molar-refractivity contribution in [3.05, 3.63) is 36.5 Å². The number of epoxide rings is 1. The van der Waals surface area contributed by atoms with Gasteiger partial charge in [0.1, 0.15) is 12.7 Å². The number of carbonyl (C=O) groups excluding carboxylic acids is 1. The summed E-state index contributed by atoms with van der Waals surface area (Å²) in [7, 11) is 0. The zero-order chi connectivity index (χ0) is 17.3. The molecular formula is C21H34O3. The Morgan fingerprint density at radius 3 is 2.29 bits per heavy atom. The van der Waals surface area contributed by atoms with Crippen LogP contribution in [-0.4, -0.2) is 25.3 Å². The molecule has 1 fully saturated rings. The minimum Gasteiger partial charge on any atom is -0.463 e. The van der Waals surface area contributed by atoms with Crippen molar-refractivity contribution >= 4 is 5.97 Å². The van der Waals surface area contributed by atoms with Gasteiger partial charge < -0.3 is 9.47 Å². The average Bonchev–Trinajstić information content (AvgIpc) is 3.41. The number of hydrogen-bond acceptors (Lipinski definition) is 3. The van der Waals surface area contributed by atoms with Crippen molar-refractivity contribution in [2.24, 2.45) is 0 Å². The molecule has 1 aliphatic heterocycles. The number of ether oxygens (including phenoxy) is 2. The molecule has 1 saturated heterocycles. The van der Waals surface area contributed by atoms with Gasteiger partial charge in [-0.1, -0.05) is 62.6 Å². The molecule has 0 bridgehead atoms. The maximum absolute atomic E-state index is 11.4. The number of rotatable bonds is 15. The fourth-order valence-corrected chi connectivity index (χ4v) is 2.31. The van der Waals surface area contributed by atoms with Crippen LogP contribution in [0.3, 0.4) is 0 Å². The number of unbranched alkanes of at least 4 members (excludes halogenated alkanes) is 5. The summed E-state index contributed by atoms with van der Waals surface area (Å²) in [6.45, 7) is 3.34. The normalized spacial score (nSPS) is 17.3. The summed E-state index contributed by atoms with van der Waals surface area (Å²) in [4.78, 5) is 11.4. The molecule has 0 radical (unpaired) electrons. The number of carbonyl (C=O) groups is 1. The van der Waals surface area contributed by atoms with E-state index in [1.165, 1.54) is 19.3 Å².